The lowest BCUT2D eigenvalue weighted by Gasteiger charge is -2.46. The van der Waals surface area contributed by atoms with Crippen LogP contribution in [0.3, 0.4) is 0 Å². The summed E-state index contributed by atoms with van der Waals surface area (Å²) in [7, 11) is 3.47. The predicted molar refractivity (Wildman–Crippen MR) is 107 cm³/mol. The van der Waals surface area contributed by atoms with Crippen molar-refractivity contribution in [2.45, 2.75) is 50.7 Å². The molecule has 1 aromatic rings. The van der Waals surface area contributed by atoms with Gasteiger partial charge in [0.25, 0.3) is 0 Å². The molecule has 1 atom stereocenters. The summed E-state index contributed by atoms with van der Waals surface area (Å²) in [6.45, 7) is 4.25. The maximum Gasteiger partial charge on any atom is 0.248 e. The highest BCUT2D eigenvalue weighted by Gasteiger charge is 2.41. The van der Waals surface area contributed by atoms with Gasteiger partial charge < -0.3 is 19.3 Å². The highest BCUT2D eigenvalue weighted by molar-refractivity contribution is 5.79. The van der Waals surface area contributed by atoms with E-state index in [1.54, 1.807) is 19.0 Å². The van der Waals surface area contributed by atoms with Gasteiger partial charge in [-0.1, -0.05) is 24.3 Å². The van der Waals surface area contributed by atoms with E-state index in [9.17, 15) is 9.59 Å². The number of rotatable bonds is 5. The molecule has 0 N–H and O–H groups in total. The van der Waals surface area contributed by atoms with Crippen molar-refractivity contribution in [2.75, 3.05) is 40.4 Å². The Bertz CT molecular complexity index is 696. The molecule has 2 saturated heterocycles. The molecule has 6 heteroatoms. The lowest BCUT2D eigenvalue weighted by Crippen LogP contribution is -2.52. The largest absolute Gasteiger partial charge is 0.375 e. The fraction of sp³-hybridized carbons (Fsp3) is 0.636. The summed E-state index contributed by atoms with van der Waals surface area (Å²) in [6, 6.07) is 8.06. The maximum atomic E-state index is 12.7. The van der Waals surface area contributed by atoms with E-state index in [1.165, 1.54) is 0 Å². The highest BCUT2D eigenvalue weighted by Crippen LogP contribution is 2.36. The Morgan fingerprint density at radius 3 is 2.64 bits per heavy atom. The third kappa shape index (κ3) is 5.11. The first-order valence-electron chi connectivity index (χ1n) is 10.2. The van der Waals surface area contributed by atoms with E-state index < -0.39 is 0 Å². The quantitative estimate of drug-likeness (QED) is 0.776. The first-order valence-corrected chi connectivity index (χ1v) is 10.2. The van der Waals surface area contributed by atoms with Crippen molar-refractivity contribution < 1.29 is 19.1 Å². The van der Waals surface area contributed by atoms with Gasteiger partial charge in [0.2, 0.25) is 11.8 Å². The molecule has 0 radical (unpaired) electrons. The van der Waals surface area contributed by atoms with Crippen molar-refractivity contribution in [1.82, 2.24) is 9.80 Å². The number of carbonyl (C=O) groups is 2. The van der Waals surface area contributed by atoms with E-state index in [0.29, 0.717) is 26.1 Å². The van der Waals surface area contributed by atoms with Crippen molar-refractivity contribution in [3.05, 3.63) is 35.4 Å². The highest BCUT2D eigenvalue weighted by atomic mass is 16.5. The minimum atomic E-state index is -0.219. The molecule has 2 aliphatic rings. The molecule has 0 aliphatic carbocycles. The normalized spacial score (nSPS) is 21.5. The van der Waals surface area contributed by atoms with Crippen molar-refractivity contribution in [3.8, 4) is 0 Å². The van der Waals surface area contributed by atoms with Crippen molar-refractivity contribution in [2.24, 2.45) is 0 Å². The zero-order valence-electron chi connectivity index (χ0n) is 17.3. The average molecular weight is 389 g/mol. The van der Waals surface area contributed by atoms with E-state index in [1.807, 2.05) is 36.1 Å². The molecular formula is C22H32N2O4. The zero-order valence-corrected chi connectivity index (χ0v) is 17.3. The van der Waals surface area contributed by atoms with Crippen LogP contribution in [0, 0.1) is 6.92 Å². The number of benzene rings is 1. The number of likely N-dealkylation sites (tertiary alicyclic amines) is 1. The molecule has 28 heavy (non-hydrogen) atoms. The van der Waals surface area contributed by atoms with Gasteiger partial charge in [0.05, 0.1) is 18.1 Å². The summed E-state index contributed by atoms with van der Waals surface area (Å²) in [6.07, 6.45) is 3.78. The first-order chi connectivity index (χ1) is 13.4. The second-order valence-electron chi connectivity index (χ2n) is 8.23. The van der Waals surface area contributed by atoms with Crippen LogP contribution in [0.5, 0.6) is 0 Å². The fourth-order valence-electron chi connectivity index (χ4n) is 4.04. The topological polar surface area (TPSA) is 59.1 Å². The van der Waals surface area contributed by atoms with Crippen molar-refractivity contribution in [1.29, 1.82) is 0 Å². The van der Waals surface area contributed by atoms with E-state index in [4.69, 9.17) is 9.47 Å². The standard InChI is InChI=1S/C22H32N2O4/c1-17-6-4-5-7-18(17)14-20(25)24-11-9-22(10-12-24)15-19(8-13-28-22)27-16-21(26)23(2)3/h4-7,19H,8-16H2,1-3H3. The lowest BCUT2D eigenvalue weighted by atomic mass is 9.83. The maximum absolute atomic E-state index is 12.7. The monoisotopic (exact) mass is 388 g/mol. The van der Waals surface area contributed by atoms with Crippen molar-refractivity contribution >= 4 is 11.8 Å². The minimum Gasteiger partial charge on any atom is -0.375 e. The molecule has 2 fully saturated rings. The number of ether oxygens (including phenoxy) is 2. The molecule has 154 valence electrons. The van der Waals surface area contributed by atoms with Gasteiger partial charge in [0, 0.05) is 40.2 Å². The SMILES string of the molecule is Cc1ccccc1CC(=O)N1CCC2(CC1)CC(OCC(=O)N(C)C)CCO2. The third-order valence-electron chi connectivity index (χ3n) is 6.02. The number of amides is 2. The predicted octanol–water partition coefficient (Wildman–Crippen LogP) is 2.18. The Morgan fingerprint density at radius 1 is 1.25 bits per heavy atom. The smallest absolute Gasteiger partial charge is 0.248 e. The van der Waals surface area contributed by atoms with Crippen LogP contribution in [0.15, 0.2) is 24.3 Å². The molecule has 0 saturated carbocycles. The van der Waals surface area contributed by atoms with Crippen molar-refractivity contribution in [3.63, 3.8) is 0 Å². The van der Waals surface area contributed by atoms with E-state index in [0.717, 1.165) is 36.8 Å². The minimum absolute atomic E-state index is 0.0165. The molecule has 6 nitrogen and oxygen atoms in total. The number of likely N-dealkylation sites (N-methyl/N-ethyl adjacent to an activating group) is 1. The number of nitrogens with zero attached hydrogens (tertiary/aromatic N) is 2. The molecule has 0 bridgehead atoms. The molecule has 1 spiro atoms. The summed E-state index contributed by atoms with van der Waals surface area (Å²) >= 11 is 0. The van der Waals surface area contributed by atoms with Gasteiger partial charge in [-0.25, -0.2) is 0 Å². The Balaban J connectivity index is 1.50. The summed E-state index contributed by atoms with van der Waals surface area (Å²) in [5, 5.41) is 0. The Morgan fingerprint density at radius 2 is 1.96 bits per heavy atom. The zero-order chi connectivity index (χ0) is 20.1. The number of carbonyl (C=O) groups excluding carboxylic acids is 2. The van der Waals surface area contributed by atoms with Crippen LogP contribution in [0.2, 0.25) is 0 Å². The summed E-state index contributed by atoms with van der Waals surface area (Å²) in [5.41, 5.74) is 2.04. The van der Waals surface area contributed by atoms with E-state index in [-0.39, 0.29) is 30.1 Å². The molecule has 1 unspecified atom stereocenters. The molecular weight excluding hydrogens is 356 g/mol. The van der Waals surface area contributed by atoms with Gasteiger partial charge in [-0.3, -0.25) is 9.59 Å². The first kappa shape index (κ1) is 20.8. The molecule has 1 aromatic carbocycles. The lowest BCUT2D eigenvalue weighted by molar-refractivity contribution is -0.166. The molecule has 0 aromatic heterocycles. The van der Waals surface area contributed by atoms with Crippen LogP contribution >= 0.6 is 0 Å². The fourth-order valence-corrected chi connectivity index (χ4v) is 4.04. The van der Waals surface area contributed by atoms with E-state index >= 15 is 0 Å². The van der Waals surface area contributed by atoms with Crippen LogP contribution in [-0.4, -0.2) is 73.7 Å². The third-order valence-corrected chi connectivity index (χ3v) is 6.02. The molecule has 2 aliphatic heterocycles. The van der Waals surface area contributed by atoms with Crippen LogP contribution in [-0.2, 0) is 25.5 Å². The van der Waals surface area contributed by atoms with Gasteiger partial charge in [-0.15, -0.1) is 0 Å². The number of aryl methyl sites for hydroxylation is 1. The van der Waals surface area contributed by atoms with Crippen LogP contribution in [0.4, 0.5) is 0 Å². The van der Waals surface area contributed by atoms with Gasteiger partial charge in [0.15, 0.2) is 0 Å². The van der Waals surface area contributed by atoms with Gasteiger partial charge >= 0.3 is 0 Å². The van der Waals surface area contributed by atoms with Gasteiger partial charge in [-0.2, -0.15) is 0 Å². The number of piperidine rings is 1. The second-order valence-corrected chi connectivity index (χ2v) is 8.23. The second kappa shape index (κ2) is 9.05. The summed E-state index contributed by atoms with van der Waals surface area (Å²) in [5.74, 6) is 0.168. The summed E-state index contributed by atoms with van der Waals surface area (Å²) in [4.78, 5) is 28.0. The molecule has 2 amide bonds. The molecule has 3 rings (SSSR count). The molecule has 2 heterocycles. The Labute approximate surface area is 167 Å². The Kier molecular flexibility index (Phi) is 6.73. The van der Waals surface area contributed by atoms with E-state index in [2.05, 4.69) is 0 Å². The average Bonchev–Trinajstić information content (AvgIpc) is 2.68. The van der Waals surface area contributed by atoms with Crippen LogP contribution in [0.25, 0.3) is 0 Å². The number of hydrogen-bond donors (Lipinski definition) is 0. The Hall–Kier alpha value is -1.92. The van der Waals surface area contributed by atoms with Crippen LogP contribution in [0.1, 0.15) is 36.8 Å². The number of hydrogen-bond acceptors (Lipinski definition) is 4. The van der Waals surface area contributed by atoms with Gasteiger partial charge in [0.1, 0.15) is 6.61 Å². The van der Waals surface area contributed by atoms with Gasteiger partial charge in [-0.05, 0) is 37.3 Å². The summed E-state index contributed by atoms with van der Waals surface area (Å²) < 4.78 is 12.0. The van der Waals surface area contributed by atoms with Crippen LogP contribution < -0.4 is 0 Å².